The van der Waals surface area contributed by atoms with E-state index in [4.69, 9.17) is 53.9 Å². The van der Waals surface area contributed by atoms with E-state index in [0.717, 1.165) is 43.8 Å². The molecule has 3 aliphatic heterocycles. The molecule has 0 radical (unpaired) electrons. The predicted molar refractivity (Wildman–Crippen MR) is 282 cm³/mol. The fourth-order valence-corrected chi connectivity index (χ4v) is 10.2. The molecule has 0 fully saturated rings. The van der Waals surface area contributed by atoms with Crippen molar-refractivity contribution in [3.63, 3.8) is 0 Å². The first-order chi connectivity index (χ1) is 33.4. The molecule has 0 saturated heterocycles. The van der Waals surface area contributed by atoms with E-state index in [-0.39, 0.29) is 86.3 Å². The van der Waals surface area contributed by atoms with Gasteiger partial charge in [0, 0.05) is 44.5 Å². The Bertz CT molecular complexity index is 3130. The van der Waals surface area contributed by atoms with Crippen LogP contribution < -0.4 is 45.2 Å². The van der Waals surface area contributed by atoms with E-state index in [9.17, 15) is 0 Å². The molecule has 0 aliphatic carbocycles. The summed E-state index contributed by atoms with van der Waals surface area (Å²) in [6, 6.07) is 24.2. The second-order valence-corrected chi connectivity index (χ2v) is 21.7. The van der Waals surface area contributed by atoms with Gasteiger partial charge in [0.05, 0.1) is 35.3 Å². The molecular formula is C58H70N8O4Pd. The van der Waals surface area contributed by atoms with E-state index in [1.807, 2.05) is 66.7 Å². The minimum absolute atomic E-state index is 0. The van der Waals surface area contributed by atoms with Crippen LogP contribution in [-0.2, 0) is 20.4 Å². The Hall–Kier alpha value is -5.77. The van der Waals surface area contributed by atoms with Crippen molar-refractivity contribution in [1.29, 1.82) is 0 Å². The van der Waals surface area contributed by atoms with Gasteiger partial charge >= 0.3 is 20.4 Å². The number of ether oxygens (including phenoxy) is 4. The van der Waals surface area contributed by atoms with E-state index in [1.54, 1.807) is 0 Å². The van der Waals surface area contributed by atoms with Crippen LogP contribution in [0.4, 0.5) is 11.6 Å². The first kappa shape index (κ1) is 51.6. The minimum atomic E-state index is -0.612. The summed E-state index contributed by atoms with van der Waals surface area (Å²) in [5.41, 5.74) is 4.17. The van der Waals surface area contributed by atoms with E-state index in [0.29, 0.717) is 63.1 Å². The smallest absolute Gasteiger partial charge is 0.490 e. The third-order valence-electron chi connectivity index (χ3n) is 13.8. The Morgan fingerprint density at radius 3 is 1.56 bits per heavy atom. The van der Waals surface area contributed by atoms with Crippen LogP contribution in [-0.4, -0.2) is 41.9 Å². The molecule has 0 spiro atoms. The Kier molecular flexibility index (Phi) is 15.1. The van der Waals surface area contributed by atoms with Crippen LogP contribution in [0.15, 0.2) is 97.8 Å². The molecule has 4 aromatic carbocycles. The van der Waals surface area contributed by atoms with Gasteiger partial charge in [-0.1, -0.05) is 145 Å². The summed E-state index contributed by atoms with van der Waals surface area (Å²) in [5.74, 6) is 6.88. The van der Waals surface area contributed by atoms with Gasteiger partial charge in [0.25, 0.3) is 0 Å². The van der Waals surface area contributed by atoms with Crippen LogP contribution in [0, 0.1) is 41.4 Å². The second-order valence-electron chi connectivity index (χ2n) is 21.7. The van der Waals surface area contributed by atoms with E-state index in [2.05, 4.69) is 115 Å². The molecule has 5 heterocycles. The molecule has 6 aromatic rings. The van der Waals surface area contributed by atoms with Crippen molar-refractivity contribution in [2.75, 3.05) is 0 Å². The number of aliphatic imine (C=N–C) groups is 3. The maximum absolute atomic E-state index is 7.00. The molecule has 8 bridgehead atoms. The normalized spacial score (nSPS) is 17.6. The quantitative estimate of drug-likeness (QED) is 0.101. The van der Waals surface area contributed by atoms with E-state index >= 15 is 0 Å². The van der Waals surface area contributed by atoms with Gasteiger partial charge in [-0.15, -0.1) is 0 Å². The summed E-state index contributed by atoms with van der Waals surface area (Å²) in [5, 5.41) is 6.81. The molecular weight excluding hydrogens is 979 g/mol. The van der Waals surface area contributed by atoms with Gasteiger partial charge in [-0.3, -0.25) is 0 Å². The van der Waals surface area contributed by atoms with Crippen molar-refractivity contribution < 1.29 is 39.4 Å². The Labute approximate surface area is 433 Å². The van der Waals surface area contributed by atoms with Crippen molar-refractivity contribution in [2.45, 2.75) is 134 Å². The standard InChI is InChI=1S/C58H70N8O4.Pd/c1-28(2)35(15)67-40-24-16-20-36-44(40)55-59-51(36)61-56-46-38(22-18-26-42(46)69-49(31(7)8)32(9)10)53(63-56)65-58-47-39(23-19-27-43(47)70-50(33(11)12)34(13)14)54(66-58)64-57-45-37(52(60-55)62-57)21-17-25-41(45)68-48(29(3)4)30(5)6;/h16-35,48-50,52H,1-15H3,(H-,59,60,61,62,63,64,65);/q-2;+2. The molecule has 0 saturated carbocycles. The zero-order valence-corrected chi connectivity index (χ0v) is 45.5. The minimum Gasteiger partial charge on any atom is -0.490 e. The molecule has 9 rings (SSSR count). The summed E-state index contributed by atoms with van der Waals surface area (Å²) < 4.78 is 27.7. The van der Waals surface area contributed by atoms with Crippen LogP contribution in [0.1, 0.15) is 132 Å². The second kappa shape index (κ2) is 20.8. The third-order valence-corrected chi connectivity index (χ3v) is 13.8. The topological polar surface area (TPSA) is 139 Å². The number of fused-ring (bicyclic) bond motifs is 19. The molecule has 0 amide bonds. The van der Waals surface area contributed by atoms with Gasteiger partial charge in [-0.05, 0) is 89.0 Å². The summed E-state index contributed by atoms with van der Waals surface area (Å²) in [6.45, 7) is 32.7. The molecule has 13 heteroatoms. The third kappa shape index (κ3) is 9.94. The zero-order valence-electron chi connectivity index (χ0n) is 43.9. The van der Waals surface area contributed by atoms with E-state index in [1.165, 1.54) is 0 Å². The van der Waals surface area contributed by atoms with Crippen molar-refractivity contribution in [2.24, 2.45) is 66.4 Å². The molecule has 3 aliphatic rings. The Morgan fingerprint density at radius 2 is 0.972 bits per heavy atom. The number of hydrogen-bond donors (Lipinski definition) is 1. The van der Waals surface area contributed by atoms with Crippen LogP contribution in [0.3, 0.4) is 0 Å². The Morgan fingerprint density at radius 1 is 0.451 bits per heavy atom. The van der Waals surface area contributed by atoms with Crippen molar-refractivity contribution >= 4 is 50.7 Å². The molecule has 1 N–H and O–H groups in total. The molecule has 12 nitrogen and oxygen atoms in total. The summed E-state index contributed by atoms with van der Waals surface area (Å²) >= 11 is 0. The maximum atomic E-state index is 7.00. The fourth-order valence-electron chi connectivity index (χ4n) is 10.2. The van der Waals surface area contributed by atoms with Gasteiger partial charge in [0.1, 0.15) is 41.3 Å². The van der Waals surface area contributed by atoms with Crippen LogP contribution in [0.5, 0.6) is 23.0 Å². The average Bonchev–Trinajstić information content (AvgIpc) is 4.05. The number of nitrogens with one attached hydrogen (secondary N) is 1. The van der Waals surface area contributed by atoms with Gasteiger partial charge < -0.3 is 54.2 Å². The maximum Gasteiger partial charge on any atom is 2.00 e. The largest absolute Gasteiger partial charge is 2.00 e. The average molecular weight is 1050 g/mol. The number of hydrogen-bond acceptors (Lipinski definition) is 10. The van der Waals surface area contributed by atoms with Crippen LogP contribution in [0.2, 0.25) is 0 Å². The first-order valence-electron chi connectivity index (χ1n) is 25.5. The number of aromatic nitrogens is 2. The molecule has 71 heavy (non-hydrogen) atoms. The Balaban J connectivity index is 0.00000676. The van der Waals surface area contributed by atoms with Gasteiger partial charge in [-0.25, -0.2) is 4.99 Å². The number of benzene rings is 4. The SMILES string of the molecule is CC(C)C(C)Oc1cccc2c3[n-]/c(c12)=N\C1N/C(=N\c2[n-]c(c4c(OC(C(C)C)C(C)C)cccc24)/N=C2\N=C(N=3)c3c(OC(C(C)C)C(C)C)cccc32)c2c(OC(C(C)C)C(C)C)cccc21.[Pd+2]. The van der Waals surface area contributed by atoms with Crippen molar-refractivity contribution in [3.05, 3.63) is 106 Å². The summed E-state index contributed by atoms with van der Waals surface area (Å²) in [6.07, 6.45) is -0.897. The van der Waals surface area contributed by atoms with E-state index < -0.39 is 6.17 Å². The molecule has 2 aromatic heterocycles. The van der Waals surface area contributed by atoms with Crippen LogP contribution >= 0.6 is 0 Å². The monoisotopic (exact) mass is 1050 g/mol. The van der Waals surface area contributed by atoms with Crippen LogP contribution in [0.25, 0.3) is 21.5 Å². The number of amidine groups is 3. The van der Waals surface area contributed by atoms with Gasteiger partial charge in [0.2, 0.25) is 0 Å². The van der Waals surface area contributed by atoms with Gasteiger partial charge in [-0.2, -0.15) is 0 Å². The predicted octanol–water partition coefficient (Wildman–Crippen LogP) is 12.0. The van der Waals surface area contributed by atoms with Gasteiger partial charge in [0.15, 0.2) is 0 Å². The number of nitrogens with zero attached hydrogens (tertiary/aromatic N) is 7. The molecule has 2 atom stereocenters. The summed E-state index contributed by atoms with van der Waals surface area (Å²) in [7, 11) is 0. The summed E-state index contributed by atoms with van der Waals surface area (Å²) in [4.78, 5) is 37.6. The zero-order chi connectivity index (χ0) is 49.9. The fraction of sp³-hybridized carbons (Fsp3) is 0.466. The van der Waals surface area contributed by atoms with Crippen molar-refractivity contribution in [3.8, 4) is 23.0 Å². The number of rotatable bonds is 15. The van der Waals surface area contributed by atoms with Crippen molar-refractivity contribution in [1.82, 2.24) is 15.3 Å². The molecule has 376 valence electrons. The molecule has 2 unspecified atom stereocenters. The first-order valence-corrected chi connectivity index (χ1v) is 25.5.